The van der Waals surface area contributed by atoms with E-state index in [-0.39, 0.29) is 6.04 Å². The minimum Gasteiger partial charge on any atom is -0.497 e. The van der Waals surface area contributed by atoms with E-state index in [1.54, 1.807) is 7.11 Å². The second-order valence-electron chi connectivity index (χ2n) is 4.99. The Morgan fingerprint density at radius 2 is 2.00 bits per heavy atom. The monoisotopic (exact) mass is 275 g/mol. The fraction of sp³-hybridized carbons (Fsp3) is 0.467. The van der Waals surface area contributed by atoms with Gasteiger partial charge in [-0.25, -0.2) is 0 Å². The highest BCUT2D eigenvalue weighted by Crippen LogP contribution is 2.21. The van der Waals surface area contributed by atoms with Gasteiger partial charge in [-0.05, 0) is 23.6 Å². The van der Waals surface area contributed by atoms with Gasteiger partial charge in [-0.1, -0.05) is 37.6 Å². The molecule has 5 nitrogen and oxygen atoms in total. The summed E-state index contributed by atoms with van der Waals surface area (Å²) in [6.07, 6.45) is 1.61. The summed E-state index contributed by atoms with van der Waals surface area (Å²) in [5, 5.41) is 3.99. The van der Waals surface area contributed by atoms with Crippen LogP contribution < -0.4 is 10.5 Å². The molecule has 108 valence electrons. The van der Waals surface area contributed by atoms with Crippen molar-refractivity contribution in [3.05, 3.63) is 41.5 Å². The van der Waals surface area contributed by atoms with Gasteiger partial charge in [-0.2, -0.15) is 4.98 Å². The molecule has 0 aliphatic heterocycles. The molecule has 2 unspecified atom stereocenters. The smallest absolute Gasteiger partial charge is 0.243 e. The molecule has 2 rings (SSSR count). The van der Waals surface area contributed by atoms with Crippen LogP contribution in [-0.4, -0.2) is 17.3 Å². The molecule has 2 atom stereocenters. The van der Waals surface area contributed by atoms with Crippen LogP contribution in [0.25, 0.3) is 0 Å². The molecule has 0 aliphatic rings. The number of aromatic nitrogens is 2. The molecule has 0 amide bonds. The van der Waals surface area contributed by atoms with E-state index in [0.29, 0.717) is 24.1 Å². The van der Waals surface area contributed by atoms with Gasteiger partial charge in [0.2, 0.25) is 5.89 Å². The Morgan fingerprint density at radius 1 is 1.30 bits per heavy atom. The molecule has 5 heteroatoms. The number of rotatable bonds is 6. The van der Waals surface area contributed by atoms with Crippen molar-refractivity contribution in [2.24, 2.45) is 11.7 Å². The van der Waals surface area contributed by atoms with Crippen LogP contribution >= 0.6 is 0 Å². The molecule has 0 spiro atoms. The summed E-state index contributed by atoms with van der Waals surface area (Å²) in [6, 6.07) is 7.62. The van der Waals surface area contributed by atoms with Crippen LogP contribution in [0.15, 0.2) is 28.8 Å². The lowest BCUT2D eigenvalue weighted by molar-refractivity contribution is 0.310. The summed E-state index contributed by atoms with van der Waals surface area (Å²) in [5.41, 5.74) is 7.19. The van der Waals surface area contributed by atoms with Gasteiger partial charge in [-0.15, -0.1) is 0 Å². The van der Waals surface area contributed by atoms with Gasteiger partial charge in [-0.3, -0.25) is 0 Å². The van der Waals surface area contributed by atoms with Crippen LogP contribution in [0.4, 0.5) is 0 Å². The van der Waals surface area contributed by atoms with Crippen molar-refractivity contribution in [2.45, 2.75) is 32.7 Å². The van der Waals surface area contributed by atoms with Gasteiger partial charge in [0, 0.05) is 6.42 Å². The maximum Gasteiger partial charge on any atom is 0.243 e. The second-order valence-corrected chi connectivity index (χ2v) is 4.99. The number of hydrogen-bond donors (Lipinski definition) is 1. The summed E-state index contributed by atoms with van der Waals surface area (Å²) in [4.78, 5) is 4.38. The summed E-state index contributed by atoms with van der Waals surface area (Å²) in [7, 11) is 1.65. The average molecular weight is 275 g/mol. The molecule has 2 aromatic rings. The Bertz CT molecular complexity index is 536. The lowest BCUT2D eigenvalue weighted by Crippen LogP contribution is -2.18. The van der Waals surface area contributed by atoms with Crippen LogP contribution in [0.1, 0.15) is 43.6 Å². The number of ether oxygens (including phenoxy) is 1. The molecular formula is C15H21N3O2. The van der Waals surface area contributed by atoms with Crippen LogP contribution in [0.2, 0.25) is 0 Å². The van der Waals surface area contributed by atoms with Crippen LogP contribution in [0, 0.1) is 5.92 Å². The quantitative estimate of drug-likeness (QED) is 0.877. The molecular weight excluding hydrogens is 254 g/mol. The van der Waals surface area contributed by atoms with Crippen molar-refractivity contribution in [1.82, 2.24) is 10.1 Å². The van der Waals surface area contributed by atoms with Gasteiger partial charge in [0.1, 0.15) is 5.75 Å². The van der Waals surface area contributed by atoms with Crippen molar-refractivity contribution in [1.29, 1.82) is 0 Å². The topological polar surface area (TPSA) is 74.2 Å². The lowest BCUT2D eigenvalue weighted by Gasteiger charge is -2.12. The van der Waals surface area contributed by atoms with Crippen LogP contribution in [-0.2, 0) is 6.42 Å². The first kappa shape index (κ1) is 14.5. The Morgan fingerprint density at radius 3 is 2.60 bits per heavy atom. The van der Waals surface area contributed by atoms with Crippen molar-refractivity contribution in [3.8, 4) is 5.75 Å². The SMILES string of the molecule is CCC(C)C(N)c1nc(Cc2ccc(OC)cc2)no1. The van der Waals surface area contributed by atoms with Crippen molar-refractivity contribution >= 4 is 0 Å². The predicted octanol–water partition coefficient (Wildman–Crippen LogP) is 2.71. The van der Waals surface area contributed by atoms with Gasteiger partial charge < -0.3 is 15.0 Å². The zero-order chi connectivity index (χ0) is 14.5. The average Bonchev–Trinajstić information content (AvgIpc) is 2.95. The van der Waals surface area contributed by atoms with Crippen LogP contribution in [0.3, 0.4) is 0 Å². The molecule has 1 aromatic heterocycles. The van der Waals surface area contributed by atoms with E-state index in [1.807, 2.05) is 24.3 Å². The van der Waals surface area contributed by atoms with Crippen molar-refractivity contribution < 1.29 is 9.26 Å². The first-order valence-corrected chi connectivity index (χ1v) is 6.85. The van der Waals surface area contributed by atoms with E-state index in [1.165, 1.54) is 0 Å². The van der Waals surface area contributed by atoms with E-state index in [2.05, 4.69) is 24.0 Å². The van der Waals surface area contributed by atoms with Crippen molar-refractivity contribution in [2.75, 3.05) is 7.11 Å². The Balaban J connectivity index is 2.05. The molecule has 0 fully saturated rings. The summed E-state index contributed by atoms with van der Waals surface area (Å²) >= 11 is 0. The zero-order valence-corrected chi connectivity index (χ0v) is 12.2. The maximum absolute atomic E-state index is 6.08. The predicted molar refractivity (Wildman–Crippen MR) is 76.5 cm³/mol. The number of benzene rings is 1. The molecule has 1 heterocycles. The molecule has 20 heavy (non-hydrogen) atoms. The Kier molecular flexibility index (Phi) is 4.74. The van der Waals surface area contributed by atoms with Crippen molar-refractivity contribution in [3.63, 3.8) is 0 Å². The Labute approximate surface area is 119 Å². The van der Waals surface area contributed by atoms with Gasteiger partial charge >= 0.3 is 0 Å². The molecule has 0 radical (unpaired) electrons. The zero-order valence-electron chi connectivity index (χ0n) is 12.2. The first-order valence-electron chi connectivity index (χ1n) is 6.85. The molecule has 2 N–H and O–H groups in total. The normalized spacial score (nSPS) is 14.0. The molecule has 0 aliphatic carbocycles. The number of hydrogen-bond acceptors (Lipinski definition) is 5. The molecule has 0 saturated heterocycles. The number of nitrogens with two attached hydrogens (primary N) is 1. The minimum absolute atomic E-state index is 0.197. The van der Waals surface area contributed by atoms with E-state index in [4.69, 9.17) is 15.0 Å². The highest BCUT2D eigenvalue weighted by molar-refractivity contribution is 5.28. The van der Waals surface area contributed by atoms with Gasteiger partial charge in [0.25, 0.3) is 0 Å². The summed E-state index contributed by atoms with van der Waals surface area (Å²) in [6.45, 7) is 4.18. The molecule has 0 bridgehead atoms. The highest BCUT2D eigenvalue weighted by atomic mass is 16.5. The molecule has 1 aromatic carbocycles. The standard InChI is InChI=1S/C15H21N3O2/c1-4-10(2)14(16)15-17-13(18-20-15)9-11-5-7-12(19-3)8-6-11/h5-8,10,14H,4,9,16H2,1-3H3. The lowest BCUT2D eigenvalue weighted by atomic mass is 10.0. The van der Waals surface area contributed by atoms with Gasteiger partial charge in [0.05, 0.1) is 13.2 Å². The van der Waals surface area contributed by atoms with Gasteiger partial charge in [0.15, 0.2) is 5.82 Å². The number of methoxy groups -OCH3 is 1. The first-order chi connectivity index (χ1) is 9.63. The van der Waals surface area contributed by atoms with Crippen LogP contribution in [0.5, 0.6) is 5.75 Å². The second kappa shape index (κ2) is 6.52. The number of nitrogens with zero attached hydrogens (tertiary/aromatic N) is 2. The fourth-order valence-electron chi connectivity index (χ4n) is 1.90. The minimum atomic E-state index is -0.197. The largest absolute Gasteiger partial charge is 0.497 e. The fourth-order valence-corrected chi connectivity index (χ4v) is 1.90. The van der Waals surface area contributed by atoms with E-state index >= 15 is 0 Å². The summed E-state index contributed by atoms with van der Waals surface area (Å²) in [5.74, 6) is 2.33. The van der Waals surface area contributed by atoms with E-state index < -0.39 is 0 Å². The molecule has 0 saturated carbocycles. The third kappa shape index (κ3) is 3.36. The summed E-state index contributed by atoms with van der Waals surface area (Å²) < 4.78 is 10.4. The van der Waals surface area contributed by atoms with E-state index in [0.717, 1.165) is 17.7 Å². The third-order valence-corrected chi connectivity index (χ3v) is 3.55. The third-order valence-electron chi connectivity index (χ3n) is 3.55. The highest BCUT2D eigenvalue weighted by Gasteiger charge is 2.19. The maximum atomic E-state index is 6.08. The Hall–Kier alpha value is -1.88. The van der Waals surface area contributed by atoms with E-state index in [9.17, 15) is 0 Å².